The van der Waals surface area contributed by atoms with Gasteiger partial charge in [-0.1, -0.05) is 0 Å². The fourth-order valence-corrected chi connectivity index (χ4v) is 1.94. The summed E-state index contributed by atoms with van der Waals surface area (Å²) in [7, 11) is 1.98. The molecule has 1 N–H and O–H groups in total. The van der Waals surface area contributed by atoms with E-state index in [1.54, 1.807) is 6.92 Å². The van der Waals surface area contributed by atoms with Crippen molar-refractivity contribution in [2.24, 2.45) is 5.92 Å². The lowest BCUT2D eigenvalue weighted by Crippen LogP contribution is -2.45. The van der Waals surface area contributed by atoms with Crippen molar-refractivity contribution >= 4 is 5.91 Å². The average molecular weight is 184 g/mol. The molecule has 0 aromatic rings. The molecule has 0 radical (unpaired) electrons. The van der Waals surface area contributed by atoms with E-state index in [1.165, 1.54) is 6.42 Å². The molecule has 0 aromatic heterocycles. The van der Waals surface area contributed by atoms with Crippen LogP contribution in [0.3, 0.4) is 0 Å². The molecular weight excluding hydrogens is 164 g/mol. The van der Waals surface area contributed by atoms with Crippen molar-refractivity contribution in [2.75, 3.05) is 20.1 Å². The van der Waals surface area contributed by atoms with E-state index in [1.807, 2.05) is 11.9 Å². The van der Waals surface area contributed by atoms with Gasteiger partial charge in [0, 0.05) is 26.1 Å². The average Bonchev–Trinajstić information content (AvgIpc) is 2.17. The van der Waals surface area contributed by atoms with Gasteiger partial charge in [-0.25, -0.2) is 0 Å². The molecule has 2 atom stereocenters. The Morgan fingerprint density at radius 3 is 2.85 bits per heavy atom. The minimum Gasteiger partial charge on any atom is -0.343 e. The molecule has 13 heavy (non-hydrogen) atoms. The Labute approximate surface area is 80.5 Å². The molecule has 76 valence electrons. The fourth-order valence-electron chi connectivity index (χ4n) is 1.94. The second-order valence-corrected chi connectivity index (χ2v) is 3.94. The van der Waals surface area contributed by atoms with Crippen LogP contribution in [0.25, 0.3) is 0 Å². The first-order valence-electron chi connectivity index (χ1n) is 5.08. The standard InChI is InChI=1S/C10H20N2O/c1-8(11-3)10-5-4-6-12(7-10)9(2)13/h8,10-11H,4-7H2,1-3H3. The SMILES string of the molecule is CNC(C)C1CCCN(C(C)=O)C1. The van der Waals surface area contributed by atoms with Gasteiger partial charge in [-0.3, -0.25) is 4.79 Å². The molecule has 0 aliphatic carbocycles. The highest BCUT2D eigenvalue weighted by molar-refractivity contribution is 5.73. The zero-order valence-electron chi connectivity index (χ0n) is 8.84. The van der Waals surface area contributed by atoms with Gasteiger partial charge < -0.3 is 10.2 Å². The van der Waals surface area contributed by atoms with Crippen LogP contribution in [0.1, 0.15) is 26.7 Å². The molecule has 0 bridgehead atoms. The van der Waals surface area contributed by atoms with Crippen LogP contribution in [0.5, 0.6) is 0 Å². The Morgan fingerprint density at radius 2 is 2.31 bits per heavy atom. The summed E-state index contributed by atoms with van der Waals surface area (Å²) in [6.07, 6.45) is 2.39. The van der Waals surface area contributed by atoms with Gasteiger partial charge in [0.15, 0.2) is 0 Å². The van der Waals surface area contributed by atoms with Gasteiger partial charge >= 0.3 is 0 Å². The van der Waals surface area contributed by atoms with E-state index in [0.29, 0.717) is 12.0 Å². The van der Waals surface area contributed by atoms with Crippen molar-refractivity contribution in [3.05, 3.63) is 0 Å². The minimum absolute atomic E-state index is 0.216. The van der Waals surface area contributed by atoms with Crippen LogP contribution in [0.2, 0.25) is 0 Å². The molecule has 2 unspecified atom stereocenters. The zero-order valence-corrected chi connectivity index (χ0v) is 8.84. The molecule has 1 aliphatic heterocycles. The van der Waals surface area contributed by atoms with Crippen molar-refractivity contribution in [1.82, 2.24) is 10.2 Å². The molecule has 1 rings (SSSR count). The number of nitrogens with zero attached hydrogens (tertiary/aromatic N) is 1. The third-order valence-electron chi connectivity index (χ3n) is 3.07. The normalized spacial score (nSPS) is 25.8. The van der Waals surface area contributed by atoms with Gasteiger partial charge in [0.25, 0.3) is 0 Å². The van der Waals surface area contributed by atoms with E-state index >= 15 is 0 Å². The topological polar surface area (TPSA) is 32.3 Å². The minimum atomic E-state index is 0.216. The number of nitrogens with one attached hydrogen (secondary N) is 1. The van der Waals surface area contributed by atoms with Crippen molar-refractivity contribution < 1.29 is 4.79 Å². The molecular formula is C10H20N2O. The second kappa shape index (κ2) is 4.61. The molecule has 1 saturated heterocycles. The van der Waals surface area contributed by atoms with E-state index in [0.717, 1.165) is 19.5 Å². The second-order valence-electron chi connectivity index (χ2n) is 3.94. The maximum atomic E-state index is 11.2. The van der Waals surface area contributed by atoms with Crippen LogP contribution in [0.15, 0.2) is 0 Å². The van der Waals surface area contributed by atoms with Crippen LogP contribution in [0.4, 0.5) is 0 Å². The van der Waals surface area contributed by atoms with Gasteiger partial charge in [-0.05, 0) is 32.7 Å². The summed E-state index contributed by atoms with van der Waals surface area (Å²) in [6, 6.07) is 0.516. The molecule has 3 nitrogen and oxygen atoms in total. The highest BCUT2D eigenvalue weighted by Gasteiger charge is 2.24. The smallest absolute Gasteiger partial charge is 0.219 e. The maximum Gasteiger partial charge on any atom is 0.219 e. The molecule has 0 saturated carbocycles. The van der Waals surface area contributed by atoms with Crippen molar-refractivity contribution in [3.63, 3.8) is 0 Å². The monoisotopic (exact) mass is 184 g/mol. The number of rotatable bonds is 2. The first-order valence-corrected chi connectivity index (χ1v) is 5.08. The Balaban J connectivity index is 2.46. The van der Waals surface area contributed by atoms with Gasteiger partial charge in [-0.15, -0.1) is 0 Å². The molecule has 1 aliphatic rings. The third kappa shape index (κ3) is 2.69. The Hall–Kier alpha value is -0.570. The molecule has 0 aromatic carbocycles. The lowest BCUT2D eigenvalue weighted by Gasteiger charge is -2.35. The van der Waals surface area contributed by atoms with E-state index in [-0.39, 0.29) is 5.91 Å². The summed E-state index contributed by atoms with van der Waals surface area (Å²) < 4.78 is 0. The van der Waals surface area contributed by atoms with Crippen molar-refractivity contribution in [1.29, 1.82) is 0 Å². The summed E-state index contributed by atoms with van der Waals surface area (Å²) in [6.45, 7) is 5.72. The van der Waals surface area contributed by atoms with Crippen LogP contribution in [-0.2, 0) is 4.79 Å². The maximum absolute atomic E-state index is 11.2. The van der Waals surface area contributed by atoms with Crippen LogP contribution < -0.4 is 5.32 Å². The Morgan fingerprint density at radius 1 is 1.62 bits per heavy atom. The lowest BCUT2D eigenvalue weighted by atomic mass is 9.92. The number of hydrogen-bond acceptors (Lipinski definition) is 2. The van der Waals surface area contributed by atoms with Crippen molar-refractivity contribution in [2.45, 2.75) is 32.7 Å². The Kier molecular flexibility index (Phi) is 3.72. The Bertz CT molecular complexity index is 182. The van der Waals surface area contributed by atoms with Crippen molar-refractivity contribution in [3.8, 4) is 0 Å². The number of piperidine rings is 1. The highest BCUT2D eigenvalue weighted by atomic mass is 16.2. The number of likely N-dealkylation sites (tertiary alicyclic amines) is 1. The summed E-state index contributed by atoms with van der Waals surface area (Å²) in [4.78, 5) is 13.1. The van der Waals surface area contributed by atoms with E-state index in [9.17, 15) is 4.79 Å². The van der Waals surface area contributed by atoms with E-state index in [4.69, 9.17) is 0 Å². The van der Waals surface area contributed by atoms with Gasteiger partial charge in [0.05, 0.1) is 0 Å². The number of carbonyl (C=O) groups is 1. The van der Waals surface area contributed by atoms with E-state index in [2.05, 4.69) is 12.2 Å². The zero-order chi connectivity index (χ0) is 9.84. The molecule has 1 amide bonds. The number of carbonyl (C=O) groups excluding carboxylic acids is 1. The summed E-state index contributed by atoms with van der Waals surface area (Å²) in [5.74, 6) is 0.843. The molecule has 0 spiro atoms. The fraction of sp³-hybridized carbons (Fsp3) is 0.900. The van der Waals surface area contributed by atoms with Gasteiger partial charge in [-0.2, -0.15) is 0 Å². The molecule has 3 heteroatoms. The first kappa shape index (κ1) is 10.5. The van der Waals surface area contributed by atoms with Gasteiger partial charge in [0.2, 0.25) is 5.91 Å². The summed E-state index contributed by atoms with van der Waals surface area (Å²) in [5.41, 5.74) is 0. The molecule has 1 heterocycles. The first-order chi connectivity index (χ1) is 6.15. The van der Waals surface area contributed by atoms with Gasteiger partial charge in [0.1, 0.15) is 0 Å². The quantitative estimate of drug-likeness (QED) is 0.690. The molecule has 1 fully saturated rings. The number of hydrogen-bond donors (Lipinski definition) is 1. The van der Waals surface area contributed by atoms with Crippen LogP contribution in [-0.4, -0.2) is 37.0 Å². The summed E-state index contributed by atoms with van der Waals surface area (Å²) >= 11 is 0. The van der Waals surface area contributed by atoms with Crippen LogP contribution >= 0.6 is 0 Å². The predicted octanol–water partition coefficient (Wildman–Crippen LogP) is 0.853. The van der Waals surface area contributed by atoms with E-state index < -0.39 is 0 Å². The van der Waals surface area contributed by atoms with Crippen LogP contribution in [0, 0.1) is 5.92 Å². The number of amides is 1. The lowest BCUT2D eigenvalue weighted by molar-refractivity contribution is -0.130. The third-order valence-corrected chi connectivity index (χ3v) is 3.07. The highest BCUT2D eigenvalue weighted by Crippen LogP contribution is 2.19. The largest absolute Gasteiger partial charge is 0.343 e. The summed E-state index contributed by atoms with van der Waals surface area (Å²) in [5, 5.41) is 3.26. The predicted molar refractivity (Wildman–Crippen MR) is 53.5 cm³/mol.